The van der Waals surface area contributed by atoms with Crippen molar-refractivity contribution in [2.24, 2.45) is 0 Å². The lowest BCUT2D eigenvalue weighted by Gasteiger charge is -2.38. The van der Waals surface area contributed by atoms with Crippen molar-refractivity contribution in [2.75, 3.05) is 34.3 Å². The van der Waals surface area contributed by atoms with Crippen LogP contribution in [-0.2, 0) is 19.3 Å². The van der Waals surface area contributed by atoms with E-state index in [2.05, 4.69) is 99.6 Å². The summed E-state index contributed by atoms with van der Waals surface area (Å²) in [5.41, 5.74) is 12.1. The molecule has 0 unspecified atom stereocenters. The number of hydrogen-bond acceptors (Lipinski definition) is 3. The fourth-order valence-corrected chi connectivity index (χ4v) is 6.81. The SMILES string of the molecule is Clc1cc(N2CCCc3ccccc32)cc(N2CCCc3c2cccc3N2CCCc3ccccc32)c1. The number of halogens is 1. The molecule has 0 saturated carbocycles. The van der Waals surface area contributed by atoms with Crippen molar-refractivity contribution in [1.82, 2.24) is 0 Å². The largest absolute Gasteiger partial charge is 0.341 e. The molecule has 0 fully saturated rings. The van der Waals surface area contributed by atoms with E-state index in [0.717, 1.165) is 50.3 Å². The van der Waals surface area contributed by atoms with E-state index in [9.17, 15) is 0 Å². The molecule has 4 heteroatoms. The Morgan fingerprint density at radius 3 is 1.65 bits per heavy atom. The van der Waals surface area contributed by atoms with E-state index < -0.39 is 0 Å². The third-order valence-electron chi connectivity index (χ3n) is 8.23. The van der Waals surface area contributed by atoms with Gasteiger partial charge >= 0.3 is 0 Å². The second kappa shape index (κ2) is 9.46. The number of nitrogens with zero attached hydrogens (tertiary/aromatic N) is 3. The van der Waals surface area contributed by atoms with Crippen LogP contribution in [0, 0.1) is 0 Å². The van der Waals surface area contributed by atoms with Crippen LogP contribution >= 0.6 is 11.6 Å². The first kappa shape index (κ1) is 22.7. The summed E-state index contributed by atoms with van der Waals surface area (Å²) in [4.78, 5) is 7.48. The number of hydrogen-bond donors (Lipinski definition) is 0. The molecule has 3 aliphatic rings. The molecule has 0 spiro atoms. The van der Waals surface area contributed by atoms with Crippen LogP contribution in [0.25, 0.3) is 0 Å². The Bertz CT molecular complexity index is 1460. The van der Waals surface area contributed by atoms with Gasteiger partial charge in [-0.1, -0.05) is 54.1 Å². The molecule has 0 aromatic heterocycles. The van der Waals surface area contributed by atoms with E-state index in [-0.39, 0.29) is 0 Å². The second-order valence-electron chi connectivity index (χ2n) is 10.5. The zero-order valence-corrected chi connectivity index (χ0v) is 21.9. The highest BCUT2D eigenvalue weighted by atomic mass is 35.5. The minimum Gasteiger partial charge on any atom is -0.341 e. The quantitative estimate of drug-likeness (QED) is 0.276. The summed E-state index contributed by atoms with van der Waals surface area (Å²) >= 11 is 6.79. The maximum absolute atomic E-state index is 6.79. The topological polar surface area (TPSA) is 9.72 Å². The highest BCUT2D eigenvalue weighted by Gasteiger charge is 2.27. The van der Waals surface area contributed by atoms with Gasteiger partial charge in [0.05, 0.1) is 0 Å². The fourth-order valence-electron chi connectivity index (χ4n) is 6.58. The van der Waals surface area contributed by atoms with E-state index in [1.54, 1.807) is 0 Å². The van der Waals surface area contributed by atoms with Gasteiger partial charge in [-0.25, -0.2) is 0 Å². The predicted molar refractivity (Wildman–Crippen MR) is 157 cm³/mol. The van der Waals surface area contributed by atoms with E-state index in [1.807, 2.05) is 0 Å². The van der Waals surface area contributed by atoms with Gasteiger partial charge in [-0.15, -0.1) is 0 Å². The molecule has 186 valence electrons. The van der Waals surface area contributed by atoms with Gasteiger partial charge in [0.2, 0.25) is 0 Å². The molecule has 4 aromatic rings. The van der Waals surface area contributed by atoms with Crippen molar-refractivity contribution in [2.45, 2.75) is 38.5 Å². The fraction of sp³-hybridized carbons (Fsp3) is 0.273. The van der Waals surface area contributed by atoms with Crippen LogP contribution in [0.4, 0.5) is 34.1 Å². The number of rotatable bonds is 3. The molecule has 3 aliphatic heterocycles. The van der Waals surface area contributed by atoms with Gasteiger partial charge in [-0.05, 0) is 97.7 Å². The van der Waals surface area contributed by atoms with E-state index >= 15 is 0 Å². The average molecular weight is 506 g/mol. The first-order valence-electron chi connectivity index (χ1n) is 13.7. The molecule has 37 heavy (non-hydrogen) atoms. The summed E-state index contributed by atoms with van der Waals surface area (Å²) in [6.45, 7) is 3.10. The standard InChI is InChI=1S/C33H32ClN3/c34-26-21-27(35-18-6-11-24-9-1-3-14-30(24)35)23-28(22-26)36-19-8-13-29-32(36)16-5-17-33(29)37-20-7-12-25-10-2-4-15-31(25)37/h1-5,9-10,14-17,21-23H,6-8,11-13,18-20H2. The van der Waals surface area contributed by atoms with Gasteiger partial charge in [0.25, 0.3) is 0 Å². The van der Waals surface area contributed by atoms with Gasteiger partial charge in [0.1, 0.15) is 0 Å². The maximum Gasteiger partial charge on any atom is 0.0464 e. The second-order valence-corrected chi connectivity index (χ2v) is 10.9. The van der Waals surface area contributed by atoms with E-state index in [1.165, 1.54) is 63.7 Å². The molecule has 0 bridgehead atoms. The van der Waals surface area contributed by atoms with Crippen LogP contribution in [0.3, 0.4) is 0 Å². The van der Waals surface area contributed by atoms with E-state index in [4.69, 9.17) is 11.6 Å². The van der Waals surface area contributed by atoms with Crippen LogP contribution in [0.2, 0.25) is 5.02 Å². The Morgan fingerprint density at radius 2 is 0.973 bits per heavy atom. The van der Waals surface area contributed by atoms with Crippen molar-refractivity contribution in [3.63, 3.8) is 0 Å². The molecule has 0 N–H and O–H groups in total. The Balaban J connectivity index is 1.29. The van der Waals surface area contributed by atoms with Crippen molar-refractivity contribution in [3.05, 3.63) is 107 Å². The van der Waals surface area contributed by atoms with Crippen molar-refractivity contribution < 1.29 is 0 Å². The predicted octanol–water partition coefficient (Wildman–Crippen LogP) is 8.59. The number of benzene rings is 4. The number of para-hydroxylation sites is 2. The molecule has 0 amide bonds. The molecular weight excluding hydrogens is 474 g/mol. The molecule has 0 atom stereocenters. The Kier molecular flexibility index (Phi) is 5.82. The van der Waals surface area contributed by atoms with Gasteiger partial charge in [0.15, 0.2) is 0 Å². The smallest absolute Gasteiger partial charge is 0.0464 e. The summed E-state index contributed by atoms with van der Waals surface area (Å²) in [6.07, 6.45) is 6.90. The molecule has 0 saturated heterocycles. The molecule has 3 heterocycles. The molecule has 7 rings (SSSR count). The van der Waals surface area contributed by atoms with Crippen molar-refractivity contribution >= 4 is 45.7 Å². The molecular formula is C33H32ClN3. The minimum atomic E-state index is 0.795. The Morgan fingerprint density at radius 1 is 0.486 bits per heavy atom. The third kappa shape index (κ3) is 4.06. The summed E-state index contributed by atoms with van der Waals surface area (Å²) in [5.74, 6) is 0. The summed E-state index contributed by atoms with van der Waals surface area (Å²) in [5, 5.41) is 0.795. The maximum atomic E-state index is 6.79. The lowest BCUT2D eigenvalue weighted by molar-refractivity contribution is 0.741. The normalized spacial score (nSPS) is 16.7. The van der Waals surface area contributed by atoms with Crippen LogP contribution in [0.5, 0.6) is 0 Å². The number of fused-ring (bicyclic) bond motifs is 3. The highest BCUT2D eigenvalue weighted by molar-refractivity contribution is 6.31. The Hall–Kier alpha value is -3.43. The van der Waals surface area contributed by atoms with Gasteiger partial charge < -0.3 is 14.7 Å². The summed E-state index contributed by atoms with van der Waals surface area (Å²) in [6, 6.07) is 31.2. The van der Waals surface area contributed by atoms with Gasteiger partial charge in [-0.3, -0.25) is 0 Å². The highest BCUT2D eigenvalue weighted by Crippen LogP contribution is 2.44. The monoisotopic (exact) mass is 505 g/mol. The lowest BCUT2D eigenvalue weighted by atomic mass is 9.95. The lowest BCUT2D eigenvalue weighted by Crippen LogP contribution is -2.29. The molecule has 0 radical (unpaired) electrons. The van der Waals surface area contributed by atoms with Crippen molar-refractivity contribution in [1.29, 1.82) is 0 Å². The minimum absolute atomic E-state index is 0.795. The molecule has 4 aromatic carbocycles. The summed E-state index contributed by atoms with van der Waals surface area (Å²) < 4.78 is 0. The van der Waals surface area contributed by atoms with Crippen LogP contribution in [0.1, 0.15) is 36.0 Å². The average Bonchev–Trinajstić information content (AvgIpc) is 2.95. The first-order chi connectivity index (χ1) is 18.3. The number of aryl methyl sites for hydroxylation is 2. The molecule has 3 nitrogen and oxygen atoms in total. The summed E-state index contributed by atoms with van der Waals surface area (Å²) in [7, 11) is 0. The van der Waals surface area contributed by atoms with Crippen molar-refractivity contribution in [3.8, 4) is 0 Å². The van der Waals surface area contributed by atoms with Gasteiger partial charge in [0, 0.05) is 58.8 Å². The van der Waals surface area contributed by atoms with Crippen LogP contribution < -0.4 is 14.7 Å². The van der Waals surface area contributed by atoms with Crippen LogP contribution in [0.15, 0.2) is 84.9 Å². The van der Waals surface area contributed by atoms with Crippen LogP contribution in [-0.4, -0.2) is 19.6 Å². The third-order valence-corrected chi connectivity index (χ3v) is 8.45. The first-order valence-corrected chi connectivity index (χ1v) is 14.0. The zero-order valence-electron chi connectivity index (χ0n) is 21.2. The van der Waals surface area contributed by atoms with Gasteiger partial charge in [-0.2, -0.15) is 0 Å². The zero-order chi connectivity index (χ0) is 24.8. The number of anilines is 6. The Labute approximate surface area is 224 Å². The van der Waals surface area contributed by atoms with E-state index in [0.29, 0.717) is 0 Å². The molecule has 0 aliphatic carbocycles.